The van der Waals surface area contributed by atoms with Crippen molar-refractivity contribution in [1.82, 2.24) is 4.57 Å². The number of fused-ring (bicyclic) bond motifs is 1. The monoisotopic (exact) mass is 283 g/mol. The average Bonchev–Trinajstić information content (AvgIpc) is 2.82. The molecule has 0 unspecified atom stereocenters. The van der Waals surface area contributed by atoms with Crippen LogP contribution in [0.1, 0.15) is 6.92 Å². The van der Waals surface area contributed by atoms with Crippen LogP contribution in [0.15, 0.2) is 35.4 Å². The molecular weight excluding hydrogens is 270 g/mol. The van der Waals surface area contributed by atoms with E-state index in [-0.39, 0.29) is 11.5 Å². The Bertz CT molecular complexity index is 717. The van der Waals surface area contributed by atoms with Crippen molar-refractivity contribution in [3.63, 3.8) is 0 Å². The molecule has 1 aromatic heterocycles. The van der Waals surface area contributed by atoms with Gasteiger partial charge in [-0.25, -0.2) is 4.79 Å². The number of rotatable bonds is 3. The summed E-state index contributed by atoms with van der Waals surface area (Å²) in [5.41, 5.74) is 0.455. The van der Waals surface area contributed by atoms with E-state index >= 15 is 0 Å². The van der Waals surface area contributed by atoms with Crippen LogP contribution in [-0.4, -0.2) is 32.8 Å². The van der Waals surface area contributed by atoms with Gasteiger partial charge in [-0.15, -0.1) is 0 Å². The summed E-state index contributed by atoms with van der Waals surface area (Å²) in [4.78, 5) is 11.7. The van der Waals surface area contributed by atoms with Gasteiger partial charge in [-0.2, -0.15) is 8.42 Å². The Morgan fingerprint density at radius 1 is 1.32 bits per heavy atom. The number of nitrogens with zero attached hydrogens (tertiary/aromatic N) is 1. The quantitative estimate of drug-likeness (QED) is 0.805. The molecule has 0 saturated carbocycles. The van der Waals surface area contributed by atoms with Crippen LogP contribution in [0.2, 0.25) is 0 Å². The smallest absolute Gasteiger partial charge is 0.418 e. The predicted octanol–water partition coefficient (Wildman–Crippen LogP) is 1.98. The van der Waals surface area contributed by atoms with E-state index in [1.54, 1.807) is 19.1 Å². The maximum absolute atomic E-state index is 11.8. The van der Waals surface area contributed by atoms with Crippen LogP contribution in [0.25, 0.3) is 10.9 Å². The first-order chi connectivity index (χ1) is 9.01. The lowest BCUT2D eigenvalue weighted by molar-refractivity contribution is 0.155. The van der Waals surface area contributed by atoms with Crippen LogP contribution < -0.4 is 0 Å². The van der Waals surface area contributed by atoms with E-state index in [2.05, 4.69) is 4.18 Å². The fraction of sp³-hybridized carbons (Fsp3) is 0.250. The third kappa shape index (κ3) is 2.34. The lowest BCUT2D eigenvalue weighted by atomic mass is 10.2. The van der Waals surface area contributed by atoms with Gasteiger partial charge in [0.05, 0.1) is 19.2 Å². The Balaban J connectivity index is 2.64. The van der Waals surface area contributed by atoms with E-state index in [0.717, 1.165) is 7.11 Å². The van der Waals surface area contributed by atoms with Crippen LogP contribution >= 0.6 is 0 Å². The second-order valence-corrected chi connectivity index (χ2v) is 5.38. The van der Waals surface area contributed by atoms with E-state index in [1.165, 1.54) is 22.9 Å². The minimum atomic E-state index is -3.81. The molecule has 0 atom stereocenters. The molecule has 102 valence electrons. The zero-order valence-electron chi connectivity index (χ0n) is 10.5. The highest BCUT2D eigenvalue weighted by Crippen LogP contribution is 2.25. The van der Waals surface area contributed by atoms with Gasteiger partial charge in [0.1, 0.15) is 4.90 Å². The highest BCUT2D eigenvalue weighted by molar-refractivity contribution is 7.87. The second-order valence-electron chi connectivity index (χ2n) is 3.69. The van der Waals surface area contributed by atoms with Crippen molar-refractivity contribution < 1.29 is 22.1 Å². The number of hydrogen-bond acceptors (Lipinski definition) is 5. The molecule has 0 bridgehead atoms. The third-order valence-corrected chi connectivity index (χ3v) is 3.98. The molecular formula is C12H13NO5S. The lowest BCUT2D eigenvalue weighted by Gasteiger charge is -2.06. The van der Waals surface area contributed by atoms with E-state index < -0.39 is 16.2 Å². The summed E-state index contributed by atoms with van der Waals surface area (Å²) in [6.07, 6.45) is 0.918. The van der Waals surface area contributed by atoms with Crippen LogP contribution in [-0.2, 0) is 19.0 Å². The fourth-order valence-corrected chi connectivity index (χ4v) is 2.67. The molecule has 6 nitrogen and oxygen atoms in total. The first kappa shape index (κ1) is 13.6. The molecule has 1 aromatic carbocycles. The zero-order chi connectivity index (χ0) is 14.0. The second kappa shape index (κ2) is 5.02. The van der Waals surface area contributed by atoms with E-state index in [1.807, 2.05) is 0 Å². The van der Waals surface area contributed by atoms with Crippen molar-refractivity contribution in [2.45, 2.75) is 11.8 Å². The molecule has 0 aliphatic rings. The first-order valence-corrected chi connectivity index (χ1v) is 7.00. The van der Waals surface area contributed by atoms with Crippen molar-refractivity contribution in [2.24, 2.45) is 0 Å². The van der Waals surface area contributed by atoms with Gasteiger partial charge >= 0.3 is 6.09 Å². The summed E-state index contributed by atoms with van der Waals surface area (Å²) in [5.74, 6) is 0. The molecule has 19 heavy (non-hydrogen) atoms. The Labute approximate surface area is 110 Å². The van der Waals surface area contributed by atoms with Crippen LogP contribution in [0, 0.1) is 0 Å². The van der Waals surface area contributed by atoms with E-state index in [0.29, 0.717) is 10.9 Å². The van der Waals surface area contributed by atoms with Crippen molar-refractivity contribution >= 4 is 27.1 Å². The molecule has 2 rings (SSSR count). The molecule has 0 saturated heterocycles. The summed E-state index contributed by atoms with van der Waals surface area (Å²) >= 11 is 0. The maximum atomic E-state index is 11.8. The number of aromatic nitrogens is 1. The van der Waals surface area contributed by atoms with Crippen molar-refractivity contribution in [3.05, 3.63) is 30.5 Å². The zero-order valence-corrected chi connectivity index (χ0v) is 11.3. The minimum absolute atomic E-state index is 0.0237. The minimum Gasteiger partial charge on any atom is -0.449 e. The van der Waals surface area contributed by atoms with Crippen molar-refractivity contribution in [3.8, 4) is 0 Å². The number of carbonyl (C=O) groups excluding carboxylic acids is 1. The van der Waals surface area contributed by atoms with Crippen LogP contribution in [0.5, 0.6) is 0 Å². The Morgan fingerprint density at radius 3 is 2.68 bits per heavy atom. The molecule has 0 aliphatic carbocycles. The van der Waals surface area contributed by atoms with Gasteiger partial charge in [0.2, 0.25) is 0 Å². The Kier molecular flexibility index (Phi) is 3.59. The van der Waals surface area contributed by atoms with Crippen LogP contribution in [0.3, 0.4) is 0 Å². The molecule has 1 heterocycles. The first-order valence-electron chi connectivity index (χ1n) is 5.59. The molecule has 0 radical (unpaired) electrons. The summed E-state index contributed by atoms with van der Waals surface area (Å²) in [6.45, 7) is 1.94. The number of benzene rings is 1. The largest absolute Gasteiger partial charge is 0.449 e. The maximum Gasteiger partial charge on any atom is 0.418 e. The van der Waals surface area contributed by atoms with E-state index in [9.17, 15) is 13.2 Å². The SMILES string of the molecule is CCOC(=O)n1ccc2c(S(=O)(=O)OC)cccc21. The van der Waals surface area contributed by atoms with Gasteiger partial charge in [-0.05, 0) is 25.1 Å². The van der Waals surface area contributed by atoms with Crippen LogP contribution in [0.4, 0.5) is 4.79 Å². The molecule has 0 aliphatic heterocycles. The van der Waals surface area contributed by atoms with E-state index in [4.69, 9.17) is 4.74 Å². The number of ether oxygens (including phenoxy) is 1. The summed E-state index contributed by atoms with van der Waals surface area (Å²) in [6, 6.07) is 6.15. The summed E-state index contributed by atoms with van der Waals surface area (Å²) in [7, 11) is -2.72. The molecule has 0 spiro atoms. The normalized spacial score (nSPS) is 11.7. The summed E-state index contributed by atoms with van der Waals surface area (Å²) in [5, 5.41) is 0.414. The summed E-state index contributed by atoms with van der Waals surface area (Å²) < 4.78 is 34.2. The topological polar surface area (TPSA) is 74.6 Å². The van der Waals surface area contributed by atoms with Gasteiger partial charge in [0.25, 0.3) is 10.1 Å². The van der Waals surface area contributed by atoms with Gasteiger partial charge in [-0.1, -0.05) is 6.07 Å². The molecule has 0 amide bonds. The van der Waals surface area contributed by atoms with Gasteiger partial charge in [0, 0.05) is 11.6 Å². The Hall–Kier alpha value is -1.86. The molecule has 2 aromatic rings. The van der Waals surface area contributed by atoms with Gasteiger partial charge < -0.3 is 4.74 Å². The number of hydrogen-bond donors (Lipinski definition) is 0. The lowest BCUT2D eigenvalue weighted by Crippen LogP contribution is -2.12. The fourth-order valence-electron chi connectivity index (χ4n) is 1.80. The highest BCUT2D eigenvalue weighted by atomic mass is 32.2. The molecule has 0 fully saturated rings. The molecule has 7 heteroatoms. The predicted molar refractivity (Wildman–Crippen MR) is 68.6 cm³/mol. The van der Waals surface area contributed by atoms with Crippen molar-refractivity contribution in [2.75, 3.05) is 13.7 Å². The van der Waals surface area contributed by atoms with Gasteiger partial charge in [-0.3, -0.25) is 8.75 Å². The average molecular weight is 283 g/mol. The standard InChI is InChI=1S/C12H13NO5S/c1-3-18-12(14)13-8-7-9-10(13)5-4-6-11(9)19(15,16)17-2/h4-8H,3H2,1-2H3. The Morgan fingerprint density at radius 2 is 2.05 bits per heavy atom. The number of carbonyl (C=O) groups is 1. The third-order valence-electron chi connectivity index (χ3n) is 2.65. The van der Waals surface area contributed by atoms with Crippen molar-refractivity contribution in [1.29, 1.82) is 0 Å². The molecule has 0 N–H and O–H groups in total. The highest BCUT2D eigenvalue weighted by Gasteiger charge is 2.19. The van der Waals surface area contributed by atoms with Gasteiger partial charge in [0.15, 0.2) is 0 Å².